The van der Waals surface area contributed by atoms with Gasteiger partial charge in [0.1, 0.15) is 11.1 Å². The van der Waals surface area contributed by atoms with Crippen molar-refractivity contribution in [2.75, 3.05) is 5.32 Å². The van der Waals surface area contributed by atoms with Gasteiger partial charge in [-0.3, -0.25) is 4.79 Å². The van der Waals surface area contributed by atoms with E-state index >= 15 is 0 Å². The number of carbonyl (C=O) groups excluding carboxylic acids is 2. The maximum absolute atomic E-state index is 12.8. The molecule has 1 N–H and O–H groups in total. The van der Waals surface area contributed by atoms with Crippen LogP contribution < -0.4 is 10.4 Å². The van der Waals surface area contributed by atoms with Crippen molar-refractivity contribution in [1.82, 2.24) is 0 Å². The average molecular weight is 355 g/mol. The van der Waals surface area contributed by atoms with E-state index in [2.05, 4.69) is 11.4 Å². The van der Waals surface area contributed by atoms with Crippen LogP contribution in [0.5, 0.6) is 0 Å². The Morgan fingerprint density at radius 2 is 1.88 bits per heavy atom. The number of fused-ring (bicyclic) bond motifs is 3. The van der Waals surface area contributed by atoms with Crippen LogP contribution in [0.25, 0.3) is 0 Å². The van der Waals surface area contributed by atoms with Gasteiger partial charge in [0.25, 0.3) is 0 Å². The molecule has 6 heteroatoms. The summed E-state index contributed by atoms with van der Waals surface area (Å²) in [6, 6.07) is 2.25. The molecular formula is C19H19N2O3S-. The van der Waals surface area contributed by atoms with Gasteiger partial charge in [-0.15, -0.1) is 11.3 Å². The van der Waals surface area contributed by atoms with Crippen molar-refractivity contribution >= 4 is 28.2 Å². The molecule has 4 unspecified atom stereocenters. The summed E-state index contributed by atoms with van der Waals surface area (Å²) in [4.78, 5) is 25.5. The van der Waals surface area contributed by atoms with Crippen LogP contribution in [0.4, 0.5) is 5.00 Å². The molecule has 3 aliphatic carbocycles. The minimum atomic E-state index is -1.15. The molecule has 1 fully saturated rings. The van der Waals surface area contributed by atoms with Gasteiger partial charge in [-0.25, -0.2) is 0 Å². The third kappa shape index (κ3) is 2.67. The molecule has 0 aromatic carbocycles. The first-order valence-electron chi connectivity index (χ1n) is 8.85. The van der Waals surface area contributed by atoms with E-state index in [4.69, 9.17) is 0 Å². The molecule has 1 heterocycles. The van der Waals surface area contributed by atoms with E-state index in [9.17, 15) is 20.0 Å². The zero-order chi connectivity index (χ0) is 17.6. The van der Waals surface area contributed by atoms with Gasteiger partial charge < -0.3 is 15.2 Å². The van der Waals surface area contributed by atoms with Crippen molar-refractivity contribution in [3.63, 3.8) is 0 Å². The molecule has 4 rings (SSSR count). The second-order valence-corrected chi connectivity index (χ2v) is 8.29. The number of nitrogens with zero attached hydrogens (tertiary/aromatic N) is 1. The van der Waals surface area contributed by atoms with Gasteiger partial charge in [-0.2, -0.15) is 5.26 Å². The van der Waals surface area contributed by atoms with Crippen molar-refractivity contribution in [1.29, 1.82) is 5.26 Å². The van der Waals surface area contributed by atoms with E-state index in [1.165, 1.54) is 22.6 Å². The number of hydrogen-bond donors (Lipinski definition) is 1. The largest absolute Gasteiger partial charge is 0.550 e. The molecule has 0 spiro atoms. The van der Waals surface area contributed by atoms with Crippen molar-refractivity contribution in [3.8, 4) is 6.07 Å². The second-order valence-electron chi connectivity index (χ2n) is 7.19. The normalized spacial score (nSPS) is 29.7. The molecule has 1 amide bonds. The Hall–Kier alpha value is -2.13. The summed E-state index contributed by atoms with van der Waals surface area (Å²) in [5.74, 6) is -2.97. The first kappa shape index (κ1) is 16.3. The van der Waals surface area contributed by atoms with Gasteiger partial charge in [0.15, 0.2) is 0 Å². The lowest BCUT2D eigenvalue weighted by Gasteiger charge is -2.27. The van der Waals surface area contributed by atoms with Crippen molar-refractivity contribution in [2.45, 2.75) is 38.5 Å². The molecule has 0 radical (unpaired) electrons. The quantitative estimate of drug-likeness (QED) is 0.663. The van der Waals surface area contributed by atoms with Gasteiger partial charge in [0, 0.05) is 16.8 Å². The summed E-state index contributed by atoms with van der Waals surface area (Å²) in [7, 11) is 0. The molecule has 130 valence electrons. The number of nitriles is 1. The molecule has 25 heavy (non-hydrogen) atoms. The molecule has 1 saturated carbocycles. The van der Waals surface area contributed by atoms with Gasteiger partial charge in [0.2, 0.25) is 5.91 Å². The van der Waals surface area contributed by atoms with Crippen LogP contribution in [0.3, 0.4) is 0 Å². The minimum absolute atomic E-state index is 0.0452. The zero-order valence-electron chi connectivity index (χ0n) is 13.8. The Bertz CT molecular complexity index is 804. The SMILES string of the molecule is N#Cc1c(NC(=O)C2C3C=CC(C3)C2C(=O)[O-])sc2c1CCCCC2. The number of nitrogens with one attached hydrogen (secondary N) is 1. The smallest absolute Gasteiger partial charge is 0.229 e. The number of thiophene rings is 1. The Morgan fingerprint density at radius 1 is 1.16 bits per heavy atom. The Balaban J connectivity index is 1.60. The molecule has 0 aliphatic heterocycles. The Labute approximate surface area is 150 Å². The molecule has 5 nitrogen and oxygen atoms in total. The molecular weight excluding hydrogens is 336 g/mol. The van der Waals surface area contributed by atoms with Crippen LogP contribution in [0.15, 0.2) is 12.2 Å². The lowest BCUT2D eigenvalue weighted by atomic mass is 9.82. The summed E-state index contributed by atoms with van der Waals surface area (Å²) < 4.78 is 0. The third-order valence-electron chi connectivity index (χ3n) is 5.80. The van der Waals surface area contributed by atoms with Crippen LogP contribution >= 0.6 is 11.3 Å². The highest BCUT2D eigenvalue weighted by molar-refractivity contribution is 7.16. The van der Waals surface area contributed by atoms with Crippen molar-refractivity contribution < 1.29 is 14.7 Å². The third-order valence-corrected chi connectivity index (χ3v) is 7.01. The van der Waals surface area contributed by atoms with Crippen molar-refractivity contribution in [3.05, 3.63) is 28.2 Å². The number of rotatable bonds is 3. The molecule has 3 aliphatic rings. The zero-order valence-corrected chi connectivity index (χ0v) is 14.6. The lowest BCUT2D eigenvalue weighted by Crippen LogP contribution is -2.42. The number of anilines is 1. The fourth-order valence-corrected chi connectivity index (χ4v) is 5.89. The number of carboxylic acid groups (broad SMARTS) is 1. The van der Waals surface area contributed by atoms with E-state index < -0.39 is 17.8 Å². The van der Waals surface area contributed by atoms with Crippen LogP contribution in [0.1, 0.15) is 41.7 Å². The van der Waals surface area contributed by atoms with Gasteiger partial charge >= 0.3 is 0 Å². The first-order valence-corrected chi connectivity index (χ1v) is 9.66. The molecule has 1 aromatic heterocycles. The summed E-state index contributed by atoms with van der Waals surface area (Å²) >= 11 is 1.48. The molecule has 4 atom stereocenters. The predicted octanol–water partition coefficient (Wildman–Crippen LogP) is 2.02. The Morgan fingerprint density at radius 3 is 2.60 bits per heavy atom. The molecule has 2 bridgehead atoms. The lowest BCUT2D eigenvalue weighted by molar-refractivity contribution is -0.313. The fraction of sp³-hybridized carbons (Fsp3) is 0.526. The maximum Gasteiger partial charge on any atom is 0.229 e. The summed E-state index contributed by atoms with van der Waals surface area (Å²) in [5, 5.41) is 24.5. The topological polar surface area (TPSA) is 93.0 Å². The van der Waals surface area contributed by atoms with Gasteiger partial charge in [0.05, 0.1) is 11.5 Å². The first-order chi connectivity index (χ1) is 12.1. The minimum Gasteiger partial charge on any atom is -0.550 e. The highest BCUT2D eigenvalue weighted by atomic mass is 32.1. The van der Waals surface area contributed by atoms with E-state index in [-0.39, 0.29) is 17.7 Å². The van der Waals surface area contributed by atoms with E-state index in [1.54, 1.807) is 0 Å². The summed E-state index contributed by atoms with van der Waals surface area (Å²) in [6.07, 6.45) is 9.70. The second kappa shape index (κ2) is 6.30. The van der Waals surface area contributed by atoms with E-state index in [1.807, 2.05) is 12.2 Å². The number of aryl methyl sites for hydroxylation is 1. The van der Waals surface area contributed by atoms with Crippen LogP contribution in [0, 0.1) is 35.0 Å². The number of hydrogen-bond acceptors (Lipinski definition) is 5. The predicted molar refractivity (Wildman–Crippen MR) is 91.6 cm³/mol. The number of allylic oxidation sites excluding steroid dienone is 2. The standard InChI is InChI=1S/C19H20N2O3S/c20-9-13-12-4-2-1-3-5-14(12)25-18(13)21-17(22)15-10-6-7-11(8-10)16(15)19(23)24/h6-7,10-11,15-16H,1-5,8H2,(H,21,22)(H,23,24)/p-1. The van der Waals surface area contributed by atoms with E-state index in [0.717, 1.165) is 31.2 Å². The Kier molecular flexibility index (Phi) is 4.12. The summed E-state index contributed by atoms with van der Waals surface area (Å²) in [6.45, 7) is 0. The average Bonchev–Trinajstić information content (AvgIpc) is 3.23. The van der Waals surface area contributed by atoms with Gasteiger partial charge in [-0.1, -0.05) is 18.6 Å². The van der Waals surface area contributed by atoms with E-state index in [0.29, 0.717) is 17.0 Å². The fourth-order valence-electron chi connectivity index (χ4n) is 4.65. The summed E-state index contributed by atoms with van der Waals surface area (Å²) in [5.41, 5.74) is 1.64. The number of amides is 1. The number of aliphatic carboxylic acids is 1. The van der Waals surface area contributed by atoms with Crippen LogP contribution in [-0.4, -0.2) is 11.9 Å². The molecule has 0 saturated heterocycles. The number of carbonyl (C=O) groups is 2. The van der Waals surface area contributed by atoms with Gasteiger partial charge in [-0.05, 0) is 49.5 Å². The highest BCUT2D eigenvalue weighted by Crippen LogP contribution is 2.48. The monoisotopic (exact) mass is 355 g/mol. The van der Waals surface area contributed by atoms with Crippen LogP contribution in [0.2, 0.25) is 0 Å². The van der Waals surface area contributed by atoms with Crippen LogP contribution in [-0.2, 0) is 22.4 Å². The number of carboxylic acids is 1. The van der Waals surface area contributed by atoms with Crippen molar-refractivity contribution in [2.24, 2.45) is 23.7 Å². The highest BCUT2D eigenvalue weighted by Gasteiger charge is 2.48. The molecule has 1 aromatic rings. The maximum atomic E-state index is 12.8.